The molecule has 1 rings (SSSR count). The van der Waals surface area contributed by atoms with Gasteiger partial charge < -0.3 is 10.7 Å². The molecule has 4 nitrogen and oxygen atoms in total. The summed E-state index contributed by atoms with van der Waals surface area (Å²) in [5, 5.41) is 1.76. The topological polar surface area (TPSA) is 67.2 Å². The van der Waals surface area contributed by atoms with Crippen LogP contribution in [0.4, 0.5) is 23.2 Å². The minimum atomic E-state index is -4.25. The molecule has 1 amide bonds. The number of hydrogen-bond acceptors (Lipinski definition) is 3. The zero-order valence-electron chi connectivity index (χ0n) is 10.0. The summed E-state index contributed by atoms with van der Waals surface area (Å²) in [4.78, 5) is 11.5. The third kappa shape index (κ3) is 3.82. The van der Waals surface area contributed by atoms with Crippen LogP contribution in [0.1, 0.15) is 15.9 Å². The van der Waals surface area contributed by atoms with E-state index < -0.39 is 24.8 Å². The molecule has 1 aromatic rings. The van der Waals surface area contributed by atoms with Crippen molar-refractivity contribution in [2.45, 2.75) is 19.3 Å². The van der Waals surface area contributed by atoms with Crippen LogP contribution in [0.2, 0.25) is 0 Å². The van der Waals surface area contributed by atoms with Crippen LogP contribution in [0.5, 0.6) is 0 Å². The first-order chi connectivity index (χ1) is 8.77. The van der Waals surface area contributed by atoms with E-state index in [1.54, 1.807) is 12.2 Å². The molecule has 0 spiro atoms. The standard InChI is InChI=1S/C11H13F4N3O/c1-6-4-7(2-3-8(6)18-16)9(19)17-5-11(14,15)10(12)13/h2-4,10,18H,5,16H2,1H3,(H,17,19). The Morgan fingerprint density at radius 3 is 2.53 bits per heavy atom. The molecule has 19 heavy (non-hydrogen) atoms. The fraction of sp³-hybridized carbons (Fsp3) is 0.364. The van der Waals surface area contributed by atoms with Gasteiger partial charge in [0.05, 0.1) is 12.2 Å². The number of benzene rings is 1. The number of nitrogen functional groups attached to an aromatic ring is 1. The summed E-state index contributed by atoms with van der Waals surface area (Å²) in [6.45, 7) is 0.235. The van der Waals surface area contributed by atoms with Gasteiger partial charge in [0.1, 0.15) is 0 Å². The monoisotopic (exact) mass is 279 g/mol. The van der Waals surface area contributed by atoms with Crippen LogP contribution >= 0.6 is 0 Å². The van der Waals surface area contributed by atoms with Crippen LogP contribution in [0, 0.1) is 6.92 Å². The molecule has 0 aliphatic rings. The quantitative estimate of drug-likeness (QED) is 0.438. The molecule has 4 N–H and O–H groups in total. The first-order valence-electron chi connectivity index (χ1n) is 5.29. The van der Waals surface area contributed by atoms with E-state index in [9.17, 15) is 22.4 Å². The van der Waals surface area contributed by atoms with Crippen LogP contribution in [0.3, 0.4) is 0 Å². The van der Waals surface area contributed by atoms with Gasteiger partial charge in [-0.25, -0.2) is 8.78 Å². The van der Waals surface area contributed by atoms with Crippen molar-refractivity contribution >= 4 is 11.6 Å². The summed E-state index contributed by atoms with van der Waals surface area (Å²) < 4.78 is 49.1. The molecular formula is C11H13F4N3O. The molecule has 106 valence electrons. The second-order valence-electron chi connectivity index (χ2n) is 3.92. The number of nitrogens with two attached hydrogens (primary N) is 1. The Balaban J connectivity index is 2.72. The van der Waals surface area contributed by atoms with E-state index in [0.717, 1.165) is 0 Å². The number of hydrogen-bond donors (Lipinski definition) is 3. The fourth-order valence-electron chi connectivity index (χ4n) is 1.34. The first kappa shape index (κ1) is 15.2. The third-order valence-electron chi connectivity index (χ3n) is 2.45. The molecule has 0 aromatic heterocycles. The van der Waals surface area contributed by atoms with Gasteiger partial charge in [-0.1, -0.05) is 0 Å². The summed E-state index contributed by atoms with van der Waals surface area (Å²) in [7, 11) is 0. The Labute approximate surface area is 106 Å². The number of halogens is 4. The van der Waals surface area contributed by atoms with Gasteiger partial charge in [-0.3, -0.25) is 10.6 Å². The Bertz CT molecular complexity index is 465. The minimum Gasteiger partial charge on any atom is -0.346 e. The maximum atomic E-state index is 12.6. The summed E-state index contributed by atoms with van der Waals surface area (Å²) in [5.41, 5.74) is 3.65. The molecule has 0 aliphatic heterocycles. The Kier molecular flexibility index (Phi) is 4.71. The highest BCUT2D eigenvalue weighted by Crippen LogP contribution is 2.22. The lowest BCUT2D eigenvalue weighted by atomic mass is 10.1. The lowest BCUT2D eigenvalue weighted by Gasteiger charge is -2.16. The SMILES string of the molecule is Cc1cc(C(=O)NCC(F)(F)C(F)F)ccc1NN. The smallest absolute Gasteiger partial charge is 0.324 e. The van der Waals surface area contributed by atoms with E-state index in [1.807, 2.05) is 0 Å². The van der Waals surface area contributed by atoms with E-state index >= 15 is 0 Å². The van der Waals surface area contributed by atoms with Gasteiger partial charge in [-0.05, 0) is 30.7 Å². The normalized spacial score (nSPS) is 11.5. The lowest BCUT2D eigenvalue weighted by Crippen LogP contribution is -2.41. The predicted octanol–water partition coefficient (Wildman–Crippen LogP) is 1.91. The van der Waals surface area contributed by atoms with Crippen LogP contribution < -0.4 is 16.6 Å². The average molecular weight is 279 g/mol. The molecule has 0 saturated heterocycles. The number of rotatable bonds is 5. The first-order valence-corrected chi connectivity index (χ1v) is 5.29. The number of carbonyl (C=O) groups excluding carboxylic acids is 1. The second-order valence-corrected chi connectivity index (χ2v) is 3.92. The van der Waals surface area contributed by atoms with Gasteiger partial charge in [0.2, 0.25) is 0 Å². The molecule has 1 aromatic carbocycles. The third-order valence-corrected chi connectivity index (χ3v) is 2.45. The summed E-state index contributed by atoms with van der Waals surface area (Å²) in [5.74, 6) is 0.0916. The van der Waals surface area contributed by atoms with Gasteiger partial charge >= 0.3 is 12.3 Å². The van der Waals surface area contributed by atoms with Gasteiger partial charge in [0.15, 0.2) is 0 Å². The molecule has 0 unspecified atom stereocenters. The van der Waals surface area contributed by atoms with E-state index in [-0.39, 0.29) is 5.56 Å². The Morgan fingerprint density at radius 1 is 1.42 bits per heavy atom. The molecular weight excluding hydrogens is 266 g/mol. The van der Waals surface area contributed by atoms with Crippen LogP contribution in [0.15, 0.2) is 18.2 Å². The number of aryl methyl sites for hydroxylation is 1. The van der Waals surface area contributed by atoms with Gasteiger partial charge in [0.25, 0.3) is 5.91 Å². The van der Waals surface area contributed by atoms with Gasteiger partial charge in [-0.2, -0.15) is 8.78 Å². The Hall–Kier alpha value is -1.83. The zero-order chi connectivity index (χ0) is 14.6. The van der Waals surface area contributed by atoms with Crippen molar-refractivity contribution in [2.75, 3.05) is 12.0 Å². The highest BCUT2D eigenvalue weighted by atomic mass is 19.3. The molecule has 0 saturated carbocycles. The van der Waals surface area contributed by atoms with Crippen molar-refractivity contribution in [1.29, 1.82) is 0 Å². The van der Waals surface area contributed by atoms with Crippen molar-refractivity contribution in [3.63, 3.8) is 0 Å². The summed E-state index contributed by atoms with van der Waals surface area (Å²) in [6.07, 6.45) is -3.82. The number of amides is 1. The molecule has 0 atom stereocenters. The van der Waals surface area contributed by atoms with Crippen molar-refractivity contribution < 1.29 is 22.4 Å². The fourth-order valence-corrected chi connectivity index (χ4v) is 1.34. The van der Waals surface area contributed by atoms with Crippen molar-refractivity contribution in [2.24, 2.45) is 5.84 Å². The predicted molar refractivity (Wildman–Crippen MR) is 62.3 cm³/mol. The summed E-state index contributed by atoms with van der Waals surface area (Å²) in [6, 6.07) is 4.23. The van der Waals surface area contributed by atoms with E-state index in [1.165, 1.54) is 18.2 Å². The van der Waals surface area contributed by atoms with Crippen LogP contribution in [-0.2, 0) is 0 Å². The number of hydrazine groups is 1. The molecule has 0 heterocycles. The average Bonchev–Trinajstić information content (AvgIpc) is 2.35. The molecule has 0 aliphatic carbocycles. The minimum absolute atomic E-state index is 0.0848. The van der Waals surface area contributed by atoms with Crippen LogP contribution in [-0.4, -0.2) is 24.8 Å². The number of anilines is 1. The second kappa shape index (κ2) is 5.87. The lowest BCUT2D eigenvalue weighted by molar-refractivity contribution is -0.123. The molecule has 0 radical (unpaired) electrons. The number of alkyl halides is 4. The van der Waals surface area contributed by atoms with Crippen molar-refractivity contribution in [1.82, 2.24) is 5.32 Å². The summed E-state index contributed by atoms with van der Waals surface area (Å²) >= 11 is 0. The van der Waals surface area contributed by atoms with Gasteiger partial charge in [0, 0.05) is 5.56 Å². The maximum absolute atomic E-state index is 12.6. The maximum Gasteiger partial charge on any atom is 0.324 e. The van der Waals surface area contributed by atoms with E-state index in [2.05, 4.69) is 5.43 Å². The molecule has 0 fully saturated rings. The Morgan fingerprint density at radius 2 is 2.05 bits per heavy atom. The molecule has 8 heteroatoms. The van der Waals surface area contributed by atoms with Crippen LogP contribution in [0.25, 0.3) is 0 Å². The van der Waals surface area contributed by atoms with E-state index in [0.29, 0.717) is 11.3 Å². The number of carbonyl (C=O) groups is 1. The highest BCUT2D eigenvalue weighted by Gasteiger charge is 2.40. The van der Waals surface area contributed by atoms with Crippen molar-refractivity contribution in [3.05, 3.63) is 29.3 Å². The zero-order valence-corrected chi connectivity index (χ0v) is 10.0. The highest BCUT2D eigenvalue weighted by molar-refractivity contribution is 5.94. The van der Waals surface area contributed by atoms with E-state index in [4.69, 9.17) is 5.84 Å². The van der Waals surface area contributed by atoms with Crippen molar-refractivity contribution in [3.8, 4) is 0 Å². The number of nitrogens with one attached hydrogen (secondary N) is 2. The molecule has 0 bridgehead atoms. The largest absolute Gasteiger partial charge is 0.346 e. The van der Waals surface area contributed by atoms with Gasteiger partial charge in [-0.15, -0.1) is 0 Å².